The molecule has 0 spiro atoms. The summed E-state index contributed by atoms with van der Waals surface area (Å²) in [6.07, 6.45) is 1.89. The van der Waals surface area contributed by atoms with Crippen LogP contribution in [0, 0.1) is 0 Å². The number of nitrogens with two attached hydrogens (primary N) is 1. The summed E-state index contributed by atoms with van der Waals surface area (Å²) < 4.78 is 1.88. The Morgan fingerprint density at radius 3 is 2.88 bits per heavy atom. The minimum atomic E-state index is 0.609. The van der Waals surface area contributed by atoms with Gasteiger partial charge in [0.1, 0.15) is 0 Å². The molecule has 0 atom stereocenters. The molecule has 84 valence electrons. The predicted octanol–water partition coefficient (Wildman–Crippen LogP) is 2.63. The second-order valence-corrected chi connectivity index (χ2v) is 4.10. The van der Waals surface area contributed by atoms with Crippen molar-refractivity contribution in [2.45, 2.75) is 0 Å². The number of fused-ring (bicyclic) bond motifs is 1. The molecular formula is C12H9ClN4. The van der Waals surface area contributed by atoms with Gasteiger partial charge in [0.25, 0.3) is 0 Å². The first kappa shape index (κ1) is 10.1. The summed E-state index contributed by atoms with van der Waals surface area (Å²) in [5.41, 5.74) is 7.97. The monoisotopic (exact) mass is 244 g/mol. The van der Waals surface area contributed by atoms with Crippen molar-refractivity contribution in [2.24, 2.45) is 0 Å². The molecule has 0 amide bonds. The summed E-state index contributed by atoms with van der Waals surface area (Å²) in [4.78, 5) is 0. The maximum absolute atomic E-state index is 6.15. The van der Waals surface area contributed by atoms with Crippen LogP contribution in [0.2, 0.25) is 5.02 Å². The van der Waals surface area contributed by atoms with Gasteiger partial charge in [0.05, 0.1) is 5.02 Å². The Bertz CT molecular complexity index is 690. The van der Waals surface area contributed by atoms with Crippen LogP contribution in [0.25, 0.3) is 17.0 Å². The molecule has 1 aromatic carbocycles. The second-order valence-electron chi connectivity index (χ2n) is 3.69. The fourth-order valence-electron chi connectivity index (χ4n) is 1.74. The SMILES string of the molecule is Nc1ccc(Cl)c(-c2nnc3ccccn23)c1. The van der Waals surface area contributed by atoms with Crippen LogP contribution in [0.3, 0.4) is 0 Å². The zero-order chi connectivity index (χ0) is 11.8. The van der Waals surface area contributed by atoms with Crippen LogP contribution in [0.15, 0.2) is 42.6 Å². The van der Waals surface area contributed by atoms with Gasteiger partial charge in [-0.2, -0.15) is 0 Å². The van der Waals surface area contributed by atoms with E-state index in [-0.39, 0.29) is 0 Å². The number of benzene rings is 1. The summed E-state index contributed by atoms with van der Waals surface area (Å²) in [5, 5.41) is 8.83. The van der Waals surface area contributed by atoms with Crippen molar-refractivity contribution in [3.05, 3.63) is 47.6 Å². The molecule has 0 saturated heterocycles. The molecule has 17 heavy (non-hydrogen) atoms. The van der Waals surface area contributed by atoms with Crippen molar-refractivity contribution in [1.82, 2.24) is 14.6 Å². The zero-order valence-electron chi connectivity index (χ0n) is 8.84. The number of hydrogen-bond donors (Lipinski definition) is 1. The first-order valence-electron chi connectivity index (χ1n) is 5.11. The van der Waals surface area contributed by atoms with E-state index in [1.54, 1.807) is 18.2 Å². The van der Waals surface area contributed by atoms with E-state index in [1.165, 1.54) is 0 Å². The average Bonchev–Trinajstić information content (AvgIpc) is 2.76. The quantitative estimate of drug-likeness (QED) is 0.670. The van der Waals surface area contributed by atoms with Crippen LogP contribution in [0.4, 0.5) is 5.69 Å². The van der Waals surface area contributed by atoms with Gasteiger partial charge in [-0.05, 0) is 30.3 Å². The van der Waals surface area contributed by atoms with Gasteiger partial charge >= 0.3 is 0 Å². The third-order valence-corrected chi connectivity index (χ3v) is 2.87. The highest BCUT2D eigenvalue weighted by Crippen LogP contribution is 2.28. The van der Waals surface area contributed by atoms with Crippen molar-refractivity contribution in [3.8, 4) is 11.4 Å². The van der Waals surface area contributed by atoms with E-state index in [1.807, 2.05) is 28.8 Å². The lowest BCUT2D eigenvalue weighted by Crippen LogP contribution is -1.91. The highest BCUT2D eigenvalue weighted by atomic mass is 35.5. The smallest absolute Gasteiger partial charge is 0.169 e. The molecule has 0 saturated carbocycles. The van der Waals surface area contributed by atoms with Crippen molar-refractivity contribution < 1.29 is 0 Å². The molecule has 2 N–H and O–H groups in total. The number of rotatable bonds is 1. The number of nitrogens with zero attached hydrogens (tertiary/aromatic N) is 3. The highest BCUT2D eigenvalue weighted by Gasteiger charge is 2.11. The molecule has 2 heterocycles. The Morgan fingerprint density at radius 1 is 1.12 bits per heavy atom. The average molecular weight is 245 g/mol. The third-order valence-electron chi connectivity index (χ3n) is 2.55. The van der Waals surface area contributed by atoms with E-state index in [2.05, 4.69) is 10.2 Å². The molecule has 3 rings (SSSR count). The summed E-state index contributed by atoms with van der Waals surface area (Å²) >= 11 is 6.15. The normalized spacial score (nSPS) is 10.9. The van der Waals surface area contributed by atoms with Gasteiger partial charge in [0.2, 0.25) is 0 Å². The van der Waals surface area contributed by atoms with E-state index in [0.29, 0.717) is 16.5 Å². The molecule has 0 aliphatic heterocycles. The molecule has 0 aliphatic carbocycles. The van der Waals surface area contributed by atoms with Crippen LogP contribution in [-0.2, 0) is 0 Å². The lowest BCUT2D eigenvalue weighted by atomic mass is 10.2. The molecule has 0 bridgehead atoms. The Kier molecular flexibility index (Phi) is 2.23. The van der Waals surface area contributed by atoms with Gasteiger partial charge in [0, 0.05) is 17.4 Å². The number of anilines is 1. The minimum absolute atomic E-state index is 0.609. The Labute approximate surface area is 103 Å². The van der Waals surface area contributed by atoms with Crippen molar-refractivity contribution in [1.29, 1.82) is 0 Å². The molecular weight excluding hydrogens is 236 g/mol. The Morgan fingerprint density at radius 2 is 2.00 bits per heavy atom. The largest absolute Gasteiger partial charge is 0.399 e. The summed E-state index contributed by atoms with van der Waals surface area (Å²) in [6.45, 7) is 0. The topological polar surface area (TPSA) is 56.2 Å². The molecule has 0 radical (unpaired) electrons. The van der Waals surface area contributed by atoms with E-state index in [0.717, 1.165) is 11.2 Å². The number of pyridine rings is 1. The highest BCUT2D eigenvalue weighted by molar-refractivity contribution is 6.33. The Hall–Kier alpha value is -2.07. The van der Waals surface area contributed by atoms with Crippen LogP contribution in [0.1, 0.15) is 0 Å². The van der Waals surface area contributed by atoms with E-state index < -0.39 is 0 Å². The molecule has 0 fully saturated rings. The minimum Gasteiger partial charge on any atom is -0.399 e. The van der Waals surface area contributed by atoms with Crippen molar-refractivity contribution in [3.63, 3.8) is 0 Å². The van der Waals surface area contributed by atoms with E-state index in [9.17, 15) is 0 Å². The fraction of sp³-hybridized carbons (Fsp3) is 0. The predicted molar refractivity (Wildman–Crippen MR) is 67.8 cm³/mol. The standard InChI is InChI=1S/C12H9ClN4/c13-10-5-4-8(14)7-9(10)12-16-15-11-3-1-2-6-17(11)12/h1-7H,14H2. The van der Waals surface area contributed by atoms with Crippen molar-refractivity contribution in [2.75, 3.05) is 5.73 Å². The summed E-state index contributed by atoms with van der Waals surface area (Å²) in [7, 11) is 0. The summed E-state index contributed by atoms with van der Waals surface area (Å²) in [5.74, 6) is 0.693. The second kappa shape index (κ2) is 3.75. The lowest BCUT2D eigenvalue weighted by molar-refractivity contribution is 1.11. The van der Waals surface area contributed by atoms with Gasteiger partial charge in [-0.1, -0.05) is 17.7 Å². The number of nitrogen functional groups attached to an aromatic ring is 1. The van der Waals surface area contributed by atoms with E-state index in [4.69, 9.17) is 17.3 Å². The molecule has 0 aliphatic rings. The van der Waals surface area contributed by atoms with Crippen LogP contribution in [0.5, 0.6) is 0 Å². The van der Waals surface area contributed by atoms with Gasteiger partial charge in [-0.25, -0.2) is 0 Å². The van der Waals surface area contributed by atoms with E-state index >= 15 is 0 Å². The fourth-order valence-corrected chi connectivity index (χ4v) is 1.94. The number of aromatic nitrogens is 3. The molecule has 3 aromatic rings. The number of halogens is 1. The van der Waals surface area contributed by atoms with Crippen LogP contribution in [-0.4, -0.2) is 14.6 Å². The van der Waals surface area contributed by atoms with Crippen LogP contribution < -0.4 is 5.73 Å². The molecule has 0 unspecified atom stereocenters. The van der Waals surface area contributed by atoms with Crippen molar-refractivity contribution >= 4 is 22.9 Å². The first-order chi connectivity index (χ1) is 8.25. The molecule has 2 aromatic heterocycles. The maximum atomic E-state index is 6.15. The molecule has 4 nitrogen and oxygen atoms in total. The molecule has 5 heteroatoms. The number of hydrogen-bond acceptors (Lipinski definition) is 3. The van der Waals surface area contributed by atoms with Crippen LogP contribution >= 0.6 is 11.6 Å². The van der Waals surface area contributed by atoms with Gasteiger partial charge in [0.15, 0.2) is 11.5 Å². The lowest BCUT2D eigenvalue weighted by Gasteiger charge is -2.03. The summed E-state index contributed by atoms with van der Waals surface area (Å²) in [6, 6.07) is 11.0. The zero-order valence-corrected chi connectivity index (χ0v) is 9.59. The third kappa shape index (κ3) is 1.62. The van der Waals surface area contributed by atoms with Gasteiger partial charge in [-0.15, -0.1) is 10.2 Å². The first-order valence-corrected chi connectivity index (χ1v) is 5.48. The Balaban J connectivity index is 2.31. The van der Waals surface area contributed by atoms with Gasteiger partial charge in [-0.3, -0.25) is 4.40 Å². The maximum Gasteiger partial charge on any atom is 0.169 e. The van der Waals surface area contributed by atoms with Gasteiger partial charge < -0.3 is 5.73 Å².